The summed E-state index contributed by atoms with van der Waals surface area (Å²) in [5.41, 5.74) is 0. The Hall–Kier alpha value is -0.640. The number of rotatable bonds is 4. The summed E-state index contributed by atoms with van der Waals surface area (Å²) in [5.74, 6) is -0.713. The van der Waals surface area contributed by atoms with Crippen molar-refractivity contribution in [3.8, 4) is 0 Å². The minimum absolute atomic E-state index is 0.0972. The molecule has 0 aliphatic rings. The van der Waals surface area contributed by atoms with Crippen LogP contribution in [0.15, 0.2) is 11.4 Å². The number of allylic oxidation sites excluding steroid dienone is 1. The van der Waals surface area contributed by atoms with Crippen molar-refractivity contribution in [2.75, 3.05) is 21.3 Å². The average molecular weight is 208 g/mol. The monoisotopic (exact) mass is 208 g/mol. The lowest BCUT2D eigenvalue weighted by Gasteiger charge is -2.14. The first-order chi connectivity index (χ1) is 6.05. The van der Waals surface area contributed by atoms with Crippen LogP contribution in [0.4, 0.5) is 0 Å². The zero-order valence-electron chi connectivity index (χ0n) is 8.07. The van der Waals surface area contributed by atoms with Crippen LogP contribution in [-0.4, -0.2) is 27.3 Å². The fourth-order valence-electron chi connectivity index (χ4n) is 0.764. The maximum absolute atomic E-state index is 11.7. The van der Waals surface area contributed by atoms with Crippen molar-refractivity contribution in [1.29, 1.82) is 0 Å². The Balaban J connectivity index is 4.99. The number of esters is 1. The highest BCUT2D eigenvalue weighted by Gasteiger charge is 2.33. The van der Waals surface area contributed by atoms with E-state index in [1.165, 1.54) is 27.4 Å². The van der Waals surface area contributed by atoms with E-state index in [2.05, 4.69) is 13.8 Å². The molecule has 13 heavy (non-hydrogen) atoms. The molecule has 0 heterocycles. The van der Waals surface area contributed by atoms with Gasteiger partial charge in [-0.1, -0.05) is 6.08 Å². The van der Waals surface area contributed by atoms with Crippen LogP contribution in [0.1, 0.15) is 6.92 Å². The van der Waals surface area contributed by atoms with Crippen LogP contribution in [0.3, 0.4) is 0 Å². The predicted octanol–water partition coefficient (Wildman–Crippen LogP) is 1.55. The second-order valence-corrected chi connectivity index (χ2v) is 4.24. The summed E-state index contributed by atoms with van der Waals surface area (Å²) >= 11 is 0. The molecule has 5 nitrogen and oxygen atoms in total. The van der Waals surface area contributed by atoms with E-state index >= 15 is 0 Å². The van der Waals surface area contributed by atoms with Gasteiger partial charge in [0.15, 0.2) is 0 Å². The van der Waals surface area contributed by atoms with Gasteiger partial charge in [0.05, 0.1) is 7.11 Å². The molecule has 0 atom stereocenters. The van der Waals surface area contributed by atoms with Crippen LogP contribution < -0.4 is 0 Å². The molecule has 0 amide bonds. The van der Waals surface area contributed by atoms with Crippen LogP contribution in [-0.2, 0) is 23.1 Å². The molecule has 0 bridgehead atoms. The van der Waals surface area contributed by atoms with Crippen molar-refractivity contribution in [3.63, 3.8) is 0 Å². The molecule has 76 valence electrons. The standard InChI is InChI=1S/C7H13O5P/c1-5-6(7(8)10-2)13(9,11-3)12-4/h5H,1-4H3. The summed E-state index contributed by atoms with van der Waals surface area (Å²) in [7, 11) is 0.129. The van der Waals surface area contributed by atoms with E-state index in [-0.39, 0.29) is 5.31 Å². The second-order valence-electron chi connectivity index (χ2n) is 2.03. The molecule has 0 saturated carbocycles. The highest BCUT2D eigenvalue weighted by Crippen LogP contribution is 2.54. The van der Waals surface area contributed by atoms with Crippen molar-refractivity contribution >= 4 is 13.6 Å². The zero-order chi connectivity index (χ0) is 10.5. The van der Waals surface area contributed by atoms with Gasteiger partial charge >= 0.3 is 13.6 Å². The predicted molar refractivity (Wildman–Crippen MR) is 47.4 cm³/mol. The first-order valence-electron chi connectivity index (χ1n) is 3.52. The molecule has 0 aromatic rings. The lowest BCUT2D eigenvalue weighted by Crippen LogP contribution is -2.07. The molecule has 0 fully saturated rings. The number of carbonyl (C=O) groups is 1. The SMILES string of the molecule is CC=C(C(=O)OC)P(=O)(OC)OC. The fourth-order valence-corrected chi connectivity index (χ4v) is 1.94. The van der Waals surface area contributed by atoms with Gasteiger partial charge in [-0.15, -0.1) is 0 Å². The highest BCUT2D eigenvalue weighted by molar-refractivity contribution is 7.59. The van der Waals surface area contributed by atoms with Crippen LogP contribution >= 0.6 is 7.60 Å². The molecular formula is C7H13O5P. The van der Waals surface area contributed by atoms with E-state index in [9.17, 15) is 9.36 Å². The van der Waals surface area contributed by atoms with E-state index < -0.39 is 13.6 Å². The Bertz CT molecular complexity index is 250. The summed E-state index contributed by atoms with van der Waals surface area (Å²) in [6.45, 7) is 1.55. The number of hydrogen-bond donors (Lipinski definition) is 0. The molecule has 0 spiro atoms. The third-order valence-corrected chi connectivity index (χ3v) is 3.44. The van der Waals surface area contributed by atoms with Gasteiger partial charge in [-0.25, -0.2) is 4.79 Å². The molecule has 0 rings (SSSR count). The Morgan fingerprint density at radius 3 is 1.92 bits per heavy atom. The lowest BCUT2D eigenvalue weighted by atomic mass is 10.5. The minimum atomic E-state index is -3.48. The number of methoxy groups -OCH3 is 1. The van der Waals surface area contributed by atoms with Gasteiger partial charge in [-0.3, -0.25) is 4.57 Å². The van der Waals surface area contributed by atoms with Crippen LogP contribution in [0.5, 0.6) is 0 Å². The first kappa shape index (κ1) is 12.4. The van der Waals surface area contributed by atoms with Crippen LogP contribution in [0.2, 0.25) is 0 Å². The molecule has 0 aliphatic carbocycles. The maximum Gasteiger partial charge on any atom is 0.367 e. The van der Waals surface area contributed by atoms with Gasteiger partial charge in [-0.05, 0) is 6.92 Å². The van der Waals surface area contributed by atoms with Gasteiger partial charge in [0.25, 0.3) is 0 Å². The van der Waals surface area contributed by atoms with E-state index in [0.29, 0.717) is 0 Å². The Morgan fingerprint density at radius 1 is 1.23 bits per heavy atom. The normalized spacial score (nSPS) is 12.8. The van der Waals surface area contributed by atoms with Gasteiger partial charge in [-0.2, -0.15) is 0 Å². The average Bonchev–Trinajstić information content (AvgIpc) is 2.18. The Morgan fingerprint density at radius 2 is 1.69 bits per heavy atom. The topological polar surface area (TPSA) is 61.8 Å². The quantitative estimate of drug-likeness (QED) is 0.398. The molecule has 0 N–H and O–H groups in total. The smallest absolute Gasteiger partial charge is 0.367 e. The molecule has 0 saturated heterocycles. The van der Waals surface area contributed by atoms with Crippen molar-refractivity contribution < 1.29 is 23.1 Å². The van der Waals surface area contributed by atoms with Crippen molar-refractivity contribution in [3.05, 3.63) is 11.4 Å². The number of carbonyl (C=O) groups excluding carboxylic acids is 1. The van der Waals surface area contributed by atoms with Gasteiger partial charge < -0.3 is 13.8 Å². The van der Waals surface area contributed by atoms with Gasteiger partial charge in [0.1, 0.15) is 5.31 Å². The Labute approximate surface area is 77.2 Å². The zero-order valence-corrected chi connectivity index (χ0v) is 8.96. The summed E-state index contributed by atoms with van der Waals surface area (Å²) in [4.78, 5) is 11.1. The molecule has 0 aromatic carbocycles. The third-order valence-electron chi connectivity index (χ3n) is 1.44. The van der Waals surface area contributed by atoms with Crippen molar-refractivity contribution in [2.45, 2.75) is 6.92 Å². The molecule has 0 aromatic heterocycles. The molecule has 0 aliphatic heterocycles. The van der Waals surface area contributed by atoms with Crippen LogP contribution in [0.25, 0.3) is 0 Å². The first-order valence-corrected chi connectivity index (χ1v) is 5.06. The van der Waals surface area contributed by atoms with Gasteiger partial charge in [0, 0.05) is 14.2 Å². The molecule has 0 unspecified atom stereocenters. The second kappa shape index (κ2) is 5.17. The minimum Gasteiger partial charge on any atom is -0.465 e. The Kier molecular flexibility index (Phi) is 4.91. The maximum atomic E-state index is 11.7. The lowest BCUT2D eigenvalue weighted by molar-refractivity contribution is -0.135. The van der Waals surface area contributed by atoms with Crippen molar-refractivity contribution in [1.82, 2.24) is 0 Å². The summed E-state index contributed by atoms with van der Waals surface area (Å²) in [6, 6.07) is 0. The summed E-state index contributed by atoms with van der Waals surface area (Å²) in [5, 5.41) is -0.0972. The van der Waals surface area contributed by atoms with Crippen LogP contribution in [0, 0.1) is 0 Å². The van der Waals surface area contributed by atoms with E-state index in [0.717, 1.165) is 0 Å². The number of hydrogen-bond acceptors (Lipinski definition) is 5. The third kappa shape index (κ3) is 2.66. The summed E-state index contributed by atoms with van der Waals surface area (Å²) in [6.07, 6.45) is 1.35. The highest BCUT2D eigenvalue weighted by atomic mass is 31.2. The fraction of sp³-hybridized carbons (Fsp3) is 0.571. The molecular weight excluding hydrogens is 195 g/mol. The summed E-state index contributed by atoms with van der Waals surface area (Å²) < 4.78 is 25.3. The largest absolute Gasteiger partial charge is 0.465 e. The molecule has 0 radical (unpaired) electrons. The van der Waals surface area contributed by atoms with Gasteiger partial charge in [0.2, 0.25) is 0 Å². The van der Waals surface area contributed by atoms with E-state index in [1.54, 1.807) is 6.92 Å². The van der Waals surface area contributed by atoms with E-state index in [4.69, 9.17) is 0 Å². The van der Waals surface area contributed by atoms with Crippen molar-refractivity contribution in [2.24, 2.45) is 0 Å². The van der Waals surface area contributed by atoms with E-state index in [1.807, 2.05) is 0 Å². The number of ether oxygens (including phenoxy) is 1. The molecule has 6 heteroatoms.